The highest BCUT2D eigenvalue weighted by Crippen LogP contribution is 2.16. The van der Waals surface area contributed by atoms with E-state index in [1.54, 1.807) is 36.4 Å². The maximum absolute atomic E-state index is 13.6. The quantitative estimate of drug-likeness (QED) is 0.915. The predicted octanol–water partition coefficient (Wildman–Crippen LogP) is 2.82. The number of carbonyl (C=O) groups excluding carboxylic acids is 1. The lowest BCUT2D eigenvalue weighted by Gasteiger charge is -2.12. The Bertz CT molecular complexity index is 620. The maximum atomic E-state index is 13.6. The van der Waals surface area contributed by atoms with Gasteiger partial charge in [0.1, 0.15) is 11.9 Å². The Balaban J connectivity index is 2.20. The molecular weight excluding hydrogens is 243 g/mol. The van der Waals surface area contributed by atoms with Gasteiger partial charge in [0.15, 0.2) is 0 Å². The van der Waals surface area contributed by atoms with E-state index in [2.05, 4.69) is 5.32 Å². The smallest absolute Gasteiger partial charge is 0.252 e. The maximum Gasteiger partial charge on any atom is 0.252 e. The van der Waals surface area contributed by atoms with E-state index in [1.807, 2.05) is 6.07 Å². The Morgan fingerprint density at radius 1 is 1.11 bits per heavy atom. The zero-order valence-corrected chi connectivity index (χ0v) is 10.0. The third kappa shape index (κ3) is 2.96. The molecule has 0 heterocycles. The van der Waals surface area contributed by atoms with Gasteiger partial charge in [-0.3, -0.25) is 4.79 Å². The predicted molar refractivity (Wildman–Crippen MR) is 68.7 cm³/mol. The molecule has 0 aliphatic rings. The first kappa shape index (κ1) is 12.8. The fraction of sp³-hybridized carbons (Fsp3) is 0.0667. The molecule has 1 unspecified atom stereocenters. The number of nitrogens with zero attached hydrogens (tertiary/aromatic N) is 1. The molecule has 2 rings (SSSR count). The number of hydrogen-bond donors (Lipinski definition) is 1. The summed E-state index contributed by atoms with van der Waals surface area (Å²) in [6.07, 6.45) is 0. The monoisotopic (exact) mass is 254 g/mol. The number of carbonyl (C=O) groups is 1. The van der Waals surface area contributed by atoms with Crippen LogP contribution in [0.3, 0.4) is 0 Å². The Morgan fingerprint density at radius 2 is 1.74 bits per heavy atom. The Kier molecular flexibility index (Phi) is 3.89. The van der Waals surface area contributed by atoms with E-state index in [-0.39, 0.29) is 5.56 Å². The van der Waals surface area contributed by atoms with Crippen molar-refractivity contribution in [3.05, 3.63) is 71.5 Å². The van der Waals surface area contributed by atoms with Gasteiger partial charge < -0.3 is 5.32 Å². The van der Waals surface area contributed by atoms with Crippen LogP contribution in [0.1, 0.15) is 22.0 Å². The summed E-state index contributed by atoms with van der Waals surface area (Å²) >= 11 is 0. The van der Waals surface area contributed by atoms with Crippen molar-refractivity contribution < 1.29 is 9.18 Å². The zero-order valence-electron chi connectivity index (χ0n) is 10.0. The van der Waals surface area contributed by atoms with E-state index in [9.17, 15) is 9.18 Å². The van der Waals surface area contributed by atoms with Gasteiger partial charge in [0.2, 0.25) is 0 Å². The molecule has 2 aromatic rings. The molecule has 1 amide bonds. The van der Waals surface area contributed by atoms with Crippen LogP contribution in [0.2, 0.25) is 0 Å². The molecule has 0 bridgehead atoms. The summed E-state index contributed by atoms with van der Waals surface area (Å²) in [6.45, 7) is 0. The molecule has 4 heteroatoms. The topological polar surface area (TPSA) is 52.9 Å². The van der Waals surface area contributed by atoms with Gasteiger partial charge in [0, 0.05) is 11.1 Å². The fourth-order valence-electron chi connectivity index (χ4n) is 1.69. The minimum Gasteiger partial charge on any atom is -0.332 e. The minimum absolute atomic E-state index is 0.161. The number of hydrogen-bond acceptors (Lipinski definition) is 2. The van der Waals surface area contributed by atoms with E-state index in [4.69, 9.17) is 5.26 Å². The highest BCUT2D eigenvalue weighted by molar-refractivity contribution is 5.94. The molecule has 0 radical (unpaired) electrons. The lowest BCUT2D eigenvalue weighted by molar-refractivity contribution is 0.0944. The van der Waals surface area contributed by atoms with Crippen LogP contribution < -0.4 is 5.32 Å². The summed E-state index contributed by atoms with van der Waals surface area (Å²) in [6, 6.07) is 15.3. The SMILES string of the molecule is N#CC(NC(=O)c1ccccc1)c1ccccc1F. The molecular formula is C15H11FN2O. The van der Waals surface area contributed by atoms with Crippen LogP contribution in [-0.2, 0) is 0 Å². The van der Waals surface area contributed by atoms with Crippen molar-refractivity contribution in [2.24, 2.45) is 0 Å². The molecule has 0 spiro atoms. The van der Waals surface area contributed by atoms with Gasteiger partial charge in [0.25, 0.3) is 5.91 Å². The molecule has 19 heavy (non-hydrogen) atoms. The molecule has 3 nitrogen and oxygen atoms in total. The second-order valence-corrected chi connectivity index (χ2v) is 3.92. The van der Waals surface area contributed by atoms with Crippen LogP contribution in [-0.4, -0.2) is 5.91 Å². The van der Waals surface area contributed by atoms with Crippen LogP contribution in [0.15, 0.2) is 54.6 Å². The molecule has 0 aliphatic carbocycles. The third-order valence-electron chi connectivity index (χ3n) is 2.66. The van der Waals surface area contributed by atoms with Gasteiger partial charge in [-0.1, -0.05) is 36.4 Å². The number of halogens is 1. The minimum atomic E-state index is -1.01. The highest BCUT2D eigenvalue weighted by atomic mass is 19.1. The molecule has 0 aromatic heterocycles. The normalized spacial score (nSPS) is 11.4. The molecule has 0 fully saturated rings. The van der Waals surface area contributed by atoms with E-state index in [0.717, 1.165) is 0 Å². The van der Waals surface area contributed by atoms with Crippen LogP contribution in [0, 0.1) is 17.1 Å². The Hall–Kier alpha value is -2.67. The van der Waals surface area contributed by atoms with Crippen LogP contribution in [0.5, 0.6) is 0 Å². The fourth-order valence-corrected chi connectivity index (χ4v) is 1.69. The van der Waals surface area contributed by atoms with Crippen molar-refractivity contribution >= 4 is 5.91 Å². The number of nitrogens with one attached hydrogen (secondary N) is 1. The van der Waals surface area contributed by atoms with E-state index < -0.39 is 17.8 Å². The van der Waals surface area contributed by atoms with E-state index in [0.29, 0.717) is 5.56 Å². The first-order chi connectivity index (χ1) is 9.22. The van der Waals surface area contributed by atoms with Crippen molar-refractivity contribution in [2.75, 3.05) is 0 Å². The van der Waals surface area contributed by atoms with Crippen molar-refractivity contribution in [3.8, 4) is 6.07 Å². The first-order valence-electron chi connectivity index (χ1n) is 5.72. The summed E-state index contributed by atoms with van der Waals surface area (Å²) in [5.74, 6) is -0.919. The van der Waals surface area contributed by atoms with Crippen molar-refractivity contribution in [3.63, 3.8) is 0 Å². The van der Waals surface area contributed by atoms with Crippen LogP contribution in [0.4, 0.5) is 4.39 Å². The van der Waals surface area contributed by atoms with E-state index in [1.165, 1.54) is 18.2 Å². The van der Waals surface area contributed by atoms with Crippen LogP contribution in [0.25, 0.3) is 0 Å². The average Bonchev–Trinajstić information content (AvgIpc) is 2.46. The molecule has 94 valence electrons. The van der Waals surface area contributed by atoms with Crippen molar-refractivity contribution in [1.82, 2.24) is 5.32 Å². The lowest BCUT2D eigenvalue weighted by atomic mass is 10.1. The zero-order chi connectivity index (χ0) is 13.7. The standard InChI is InChI=1S/C15H11FN2O/c16-13-9-5-4-8-12(13)14(10-17)18-15(19)11-6-2-1-3-7-11/h1-9,14H,(H,18,19). The van der Waals surface area contributed by atoms with E-state index >= 15 is 0 Å². The second-order valence-electron chi connectivity index (χ2n) is 3.92. The second kappa shape index (κ2) is 5.78. The number of rotatable bonds is 3. The summed E-state index contributed by atoms with van der Waals surface area (Å²) in [5, 5.41) is 11.6. The van der Waals surface area contributed by atoms with Crippen molar-refractivity contribution in [2.45, 2.75) is 6.04 Å². The number of nitriles is 1. The van der Waals surface area contributed by atoms with Gasteiger partial charge in [-0.05, 0) is 18.2 Å². The van der Waals surface area contributed by atoms with Gasteiger partial charge in [-0.15, -0.1) is 0 Å². The van der Waals surface area contributed by atoms with Gasteiger partial charge in [0.05, 0.1) is 6.07 Å². The summed E-state index contributed by atoms with van der Waals surface area (Å²) in [4.78, 5) is 11.9. The third-order valence-corrected chi connectivity index (χ3v) is 2.66. The molecule has 0 saturated carbocycles. The van der Waals surface area contributed by atoms with Gasteiger partial charge in [-0.25, -0.2) is 4.39 Å². The first-order valence-corrected chi connectivity index (χ1v) is 5.72. The van der Waals surface area contributed by atoms with Crippen molar-refractivity contribution in [1.29, 1.82) is 5.26 Å². The molecule has 2 aromatic carbocycles. The lowest BCUT2D eigenvalue weighted by Crippen LogP contribution is -2.28. The molecule has 1 atom stereocenters. The summed E-state index contributed by atoms with van der Waals surface area (Å²) < 4.78 is 13.6. The highest BCUT2D eigenvalue weighted by Gasteiger charge is 2.17. The summed E-state index contributed by atoms with van der Waals surface area (Å²) in [7, 11) is 0. The Morgan fingerprint density at radius 3 is 2.37 bits per heavy atom. The molecule has 0 saturated heterocycles. The van der Waals surface area contributed by atoms with Gasteiger partial charge in [-0.2, -0.15) is 5.26 Å². The molecule has 0 aliphatic heterocycles. The molecule has 1 N–H and O–H groups in total. The van der Waals surface area contributed by atoms with Gasteiger partial charge >= 0.3 is 0 Å². The largest absolute Gasteiger partial charge is 0.332 e. The number of benzene rings is 2. The van der Waals surface area contributed by atoms with Crippen LogP contribution >= 0.6 is 0 Å². The summed E-state index contributed by atoms with van der Waals surface area (Å²) in [5.41, 5.74) is 0.591. The average molecular weight is 254 g/mol. The Labute approximate surface area is 110 Å². The number of amides is 1.